The van der Waals surface area contributed by atoms with Crippen LogP contribution in [-0.2, 0) is 16.0 Å². The zero-order chi connectivity index (χ0) is 17.2. The van der Waals surface area contributed by atoms with Crippen molar-refractivity contribution in [1.29, 1.82) is 0 Å². The number of nitrogens with zero attached hydrogens (tertiary/aromatic N) is 2. The van der Waals surface area contributed by atoms with Crippen molar-refractivity contribution in [2.24, 2.45) is 5.10 Å². The first kappa shape index (κ1) is 17.9. The molecule has 1 heterocycles. The van der Waals surface area contributed by atoms with Crippen molar-refractivity contribution in [3.05, 3.63) is 40.9 Å². The Hall–Kier alpha value is -2.41. The highest BCUT2D eigenvalue weighted by Crippen LogP contribution is 2.16. The number of ether oxygens (including phenoxy) is 2. The van der Waals surface area contributed by atoms with Crippen molar-refractivity contribution < 1.29 is 14.3 Å². The van der Waals surface area contributed by atoms with Gasteiger partial charge in [0.1, 0.15) is 5.75 Å². The average Bonchev–Trinajstić information content (AvgIpc) is 3.03. The smallest absolute Gasteiger partial charge is 0.311 e. The zero-order valence-electron chi connectivity index (χ0n) is 13.8. The summed E-state index contributed by atoms with van der Waals surface area (Å²) in [6.07, 6.45) is 4.04. The van der Waals surface area contributed by atoms with E-state index in [0.717, 1.165) is 30.8 Å². The van der Waals surface area contributed by atoms with Crippen LogP contribution in [0.3, 0.4) is 0 Å². The molecule has 0 fully saturated rings. The molecule has 2 aromatic rings. The van der Waals surface area contributed by atoms with Gasteiger partial charge >= 0.3 is 5.97 Å². The number of nitrogens with one attached hydrogen (secondary N) is 1. The maximum Gasteiger partial charge on any atom is 0.311 e. The van der Waals surface area contributed by atoms with Gasteiger partial charge in [-0.15, -0.1) is 11.3 Å². The largest absolute Gasteiger partial charge is 0.494 e. The Bertz CT molecular complexity index is 668. The van der Waals surface area contributed by atoms with Gasteiger partial charge in [-0.05, 0) is 36.2 Å². The summed E-state index contributed by atoms with van der Waals surface area (Å²) in [4.78, 5) is 15.4. The van der Waals surface area contributed by atoms with Gasteiger partial charge in [0.25, 0.3) is 0 Å². The lowest BCUT2D eigenvalue weighted by Gasteiger charge is -2.04. The first-order chi connectivity index (χ1) is 11.7. The molecule has 6 nitrogen and oxygen atoms in total. The van der Waals surface area contributed by atoms with Gasteiger partial charge in [-0.2, -0.15) is 5.10 Å². The second-order valence-electron chi connectivity index (χ2n) is 5.04. The Morgan fingerprint density at radius 2 is 2.17 bits per heavy atom. The number of hydrazone groups is 1. The molecule has 0 saturated heterocycles. The van der Waals surface area contributed by atoms with Crippen LogP contribution < -0.4 is 10.2 Å². The molecule has 0 amide bonds. The molecule has 128 valence electrons. The lowest BCUT2D eigenvalue weighted by Crippen LogP contribution is -2.04. The van der Waals surface area contributed by atoms with Crippen LogP contribution in [0.25, 0.3) is 0 Å². The minimum atomic E-state index is -0.309. The SMILES string of the molecule is CCCCOc1ccc(/C=N\Nc2nc(CC(=O)OC)cs2)cc1. The van der Waals surface area contributed by atoms with E-state index in [0.29, 0.717) is 10.8 Å². The maximum atomic E-state index is 11.2. The number of thiazole rings is 1. The molecule has 0 atom stereocenters. The van der Waals surface area contributed by atoms with Crippen LogP contribution in [0.15, 0.2) is 34.7 Å². The fourth-order valence-electron chi connectivity index (χ4n) is 1.81. The standard InChI is InChI=1S/C17H21N3O3S/c1-3-4-9-23-15-7-5-13(6-8-15)11-18-20-17-19-14(12-24-17)10-16(21)22-2/h5-8,11-12H,3-4,9-10H2,1-2H3,(H,19,20)/b18-11-. The molecular weight excluding hydrogens is 326 g/mol. The molecule has 1 aromatic carbocycles. The molecule has 1 N–H and O–H groups in total. The fraction of sp³-hybridized carbons (Fsp3) is 0.353. The van der Waals surface area contributed by atoms with Gasteiger partial charge in [0.15, 0.2) is 0 Å². The van der Waals surface area contributed by atoms with Gasteiger partial charge in [-0.1, -0.05) is 13.3 Å². The minimum Gasteiger partial charge on any atom is -0.494 e. The number of anilines is 1. The van der Waals surface area contributed by atoms with E-state index < -0.39 is 0 Å². The van der Waals surface area contributed by atoms with Crippen molar-refractivity contribution in [3.8, 4) is 5.75 Å². The number of benzene rings is 1. The average molecular weight is 347 g/mol. The predicted molar refractivity (Wildman–Crippen MR) is 95.9 cm³/mol. The molecule has 0 spiro atoms. The molecule has 0 aliphatic carbocycles. The quantitative estimate of drug-likeness (QED) is 0.325. The summed E-state index contributed by atoms with van der Waals surface area (Å²) < 4.78 is 10.2. The van der Waals surface area contributed by atoms with E-state index in [9.17, 15) is 4.79 Å². The van der Waals surface area contributed by atoms with Crippen LogP contribution in [0.4, 0.5) is 5.13 Å². The third-order valence-corrected chi connectivity index (χ3v) is 3.92. The molecule has 0 aliphatic heterocycles. The predicted octanol–water partition coefficient (Wildman–Crippen LogP) is 3.48. The number of aromatic nitrogens is 1. The van der Waals surface area contributed by atoms with E-state index in [2.05, 4.69) is 27.2 Å². The van der Waals surface area contributed by atoms with E-state index >= 15 is 0 Å². The van der Waals surface area contributed by atoms with E-state index in [1.54, 1.807) is 11.6 Å². The maximum absolute atomic E-state index is 11.2. The Labute approximate surface area is 145 Å². The summed E-state index contributed by atoms with van der Waals surface area (Å²) in [5.74, 6) is 0.553. The summed E-state index contributed by atoms with van der Waals surface area (Å²) in [5.41, 5.74) is 4.47. The van der Waals surface area contributed by atoms with Gasteiger partial charge in [0.05, 0.1) is 32.0 Å². The van der Waals surface area contributed by atoms with Crippen LogP contribution in [0, 0.1) is 0 Å². The highest BCUT2D eigenvalue weighted by Gasteiger charge is 2.06. The van der Waals surface area contributed by atoms with Crippen molar-refractivity contribution in [2.75, 3.05) is 19.1 Å². The van der Waals surface area contributed by atoms with Crippen LogP contribution >= 0.6 is 11.3 Å². The van der Waals surface area contributed by atoms with Crippen LogP contribution in [-0.4, -0.2) is 30.9 Å². The fourth-order valence-corrected chi connectivity index (χ4v) is 2.47. The number of methoxy groups -OCH3 is 1. The number of hydrogen-bond acceptors (Lipinski definition) is 7. The van der Waals surface area contributed by atoms with Gasteiger partial charge < -0.3 is 9.47 Å². The van der Waals surface area contributed by atoms with Gasteiger partial charge in [0, 0.05) is 5.38 Å². The highest BCUT2D eigenvalue weighted by atomic mass is 32.1. The lowest BCUT2D eigenvalue weighted by atomic mass is 10.2. The molecule has 7 heteroatoms. The topological polar surface area (TPSA) is 72.8 Å². The van der Waals surface area contributed by atoms with Crippen LogP contribution in [0.2, 0.25) is 0 Å². The Kier molecular flexibility index (Phi) is 7.22. The number of unbranched alkanes of at least 4 members (excludes halogenated alkanes) is 1. The normalized spacial score (nSPS) is 10.8. The Balaban J connectivity index is 1.82. The number of hydrogen-bond donors (Lipinski definition) is 1. The summed E-state index contributed by atoms with van der Waals surface area (Å²) in [7, 11) is 1.36. The first-order valence-corrected chi connectivity index (χ1v) is 8.62. The minimum absolute atomic E-state index is 0.165. The molecule has 0 radical (unpaired) electrons. The first-order valence-electron chi connectivity index (χ1n) is 7.74. The summed E-state index contributed by atoms with van der Waals surface area (Å²) >= 11 is 1.39. The summed E-state index contributed by atoms with van der Waals surface area (Å²) in [5, 5.41) is 6.58. The summed E-state index contributed by atoms with van der Waals surface area (Å²) in [6.45, 7) is 2.88. The third kappa shape index (κ3) is 6.00. The van der Waals surface area contributed by atoms with E-state index in [1.165, 1.54) is 18.4 Å². The van der Waals surface area contributed by atoms with Crippen LogP contribution in [0.5, 0.6) is 5.75 Å². The van der Waals surface area contributed by atoms with E-state index in [4.69, 9.17) is 4.74 Å². The number of rotatable bonds is 9. The van der Waals surface area contributed by atoms with Gasteiger partial charge in [-0.25, -0.2) is 4.98 Å². The molecule has 0 unspecified atom stereocenters. The second kappa shape index (κ2) is 9.67. The zero-order valence-corrected chi connectivity index (χ0v) is 14.6. The monoisotopic (exact) mass is 347 g/mol. The van der Waals surface area contributed by atoms with E-state index in [1.807, 2.05) is 24.3 Å². The van der Waals surface area contributed by atoms with Crippen molar-refractivity contribution in [1.82, 2.24) is 4.98 Å². The number of esters is 1. The second-order valence-corrected chi connectivity index (χ2v) is 5.90. The Morgan fingerprint density at radius 1 is 1.38 bits per heavy atom. The van der Waals surface area contributed by atoms with Crippen molar-refractivity contribution >= 4 is 28.7 Å². The van der Waals surface area contributed by atoms with Gasteiger partial charge in [-0.3, -0.25) is 10.2 Å². The molecular formula is C17H21N3O3S. The molecule has 0 saturated carbocycles. The molecule has 24 heavy (non-hydrogen) atoms. The van der Waals surface area contributed by atoms with Crippen LogP contribution in [0.1, 0.15) is 31.0 Å². The summed E-state index contributed by atoms with van der Waals surface area (Å²) in [6, 6.07) is 7.73. The van der Waals surface area contributed by atoms with Crippen molar-refractivity contribution in [2.45, 2.75) is 26.2 Å². The molecule has 0 aliphatic rings. The lowest BCUT2D eigenvalue weighted by molar-refractivity contribution is -0.139. The number of carbonyl (C=O) groups excluding carboxylic acids is 1. The number of carbonyl (C=O) groups is 1. The third-order valence-electron chi connectivity index (χ3n) is 3.13. The molecule has 1 aromatic heterocycles. The molecule has 2 rings (SSSR count). The Morgan fingerprint density at radius 3 is 2.88 bits per heavy atom. The molecule has 0 bridgehead atoms. The highest BCUT2D eigenvalue weighted by molar-refractivity contribution is 7.13. The van der Waals surface area contributed by atoms with Gasteiger partial charge in [0.2, 0.25) is 5.13 Å². The van der Waals surface area contributed by atoms with E-state index in [-0.39, 0.29) is 12.4 Å². The van der Waals surface area contributed by atoms with Crippen molar-refractivity contribution in [3.63, 3.8) is 0 Å².